The zero-order valence-corrected chi connectivity index (χ0v) is 13.6. The summed E-state index contributed by atoms with van der Waals surface area (Å²) in [6.07, 6.45) is 5.38. The Labute approximate surface area is 142 Å². The lowest BCUT2D eigenvalue weighted by Gasteiger charge is -2.11. The van der Waals surface area contributed by atoms with Gasteiger partial charge in [0.05, 0.1) is 12.2 Å². The van der Waals surface area contributed by atoms with E-state index < -0.39 is 0 Å². The number of imidazole rings is 1. The molecule has 0 saturated heterocycles. The monoisotopic (exact) mass is 340 g/mol. The van der Waals surface area contributed by atoms with Crippen LogP contribution in [0.4, 0.5) is 0 Å². The van der Waals surface area contributed by atoms with Crippen molar-refractivity contribution in [3.8, 4) is 17.3 Å². The molecule has 4 rings (SSSR count). The van der Waals surface area contributed by atoms with Crippen LogP contribution in [-0.4, -0.2) is 28.9 Å². The van der Waals surface area contributed by atoms with Crippen LogP contribution in [0.25, 0.3) is 17.3 Å². The average molecular weight is 341 g/mol. The van der Waals surface area contributed by atoms with E-state index in [0.717, 1.165) is 5.56 Å². The van der Waals surface area contributed by atoms with Gasteiger partial charge in [-0.2, -0.15) is 10.1 Å². The third kappa shape index (κ3) is 2.48. The number of aryl methyl sites for hydroxylation is 1. The van der Waals surface area contributed by atoms with E-state index >= 15 is 0 Å². The molecule has 0 unspecified atom stereocenters. The molecule has 0 atom stereocenters. The van der Waals surface area contributed by atoms with Crippen molar-refractivity contribution < 1.29 is 0 Å². The first-order valence-electron chi connectivity index (χ1n) is 7.30. The van der Waals surface area contributed by atoms with Crippen molar-refractivity contribution in [1.82, 2.24) is 28.9 Å². The van der Waals surface area contributed by atoms with Gasteiger partial charge in [-0.05, 0) is 23.8 Å². The van der Waals surface area contributed by atoms with Crippen molar-refractivity contribution in [1.29, 1.82) is 0 Å². The molecule has 0 fully saturated rings. The maximum atomic E-state index is 12.4. The van der Waals surface area contributed by atoms with Crippen LogP contribution in [0, 0.1) is 0 Å². The molecule has 7 nitrogen and oxygen atoms in total. The van der Waals surface area contributed by atoms with Crippen LogP contribution in [0.2, 0.25) is 5.15 Å². The summed E-state index contributed by atoms with van der Waals surface area (Å²) in [4.78, 5) is 20.6. The Morgan fingerprint density at radius 1 is 1.17 bits per heavy atom. The number of aromatic nitrogens is 6. The largest absolute Gasteiger partial charge is 0.356 e. The fraction of sp³-hybridized carbons (Fsp3) is 0.125. The minimum absolute atomic E-state index is 0.349. The summed E-state index contributed by atoms with van der Waals surface area (Å²) >= 11 is 5.82. The van der Waals surface area contributed by atoms with Gasteiger partial charge < -0.3 is 4.57 Å². The number of fused-ring (bicyclic) bond motifs is 1. The van der Waals surface area contributed by atoms with Gasteiger partial charge in [0.1, 0.15) is 5.15 Å². The van der Waals surface area contributed by atoms with Crippen LogP contribution in [0.15, 0.2) is 53.7 Å². The first kappa shape index (κ1) is 14.6. The minimum atomic E-state index is -0.349. The van der Waals surface area contributed by atoms with Gasteiger partial charge in [-0.25, -0.2) is 14.3 Å². The van der Waals surface area contributed by atoms with E-state index in [1.807, 2.05) is 29.0 Å². The predicted octanol–water partition coefficient (Wildman–Crippen LogP) is 1.97. The molecule has 0 radical (unpaired) electrons. The van der Waals surface area contributed by atoms with Crippen LogP contribution >= 0.6 is 11.6 Å². The fourth-order valence-corrected chi connectivity index (χ4v) is 2.75. The summed E-state index contributed by atoms with van der Waals surface area (Å²) in [6.45, 7) is 0.542. The number of hydrogen-bond acceptors (Lipinski definition) is 4. The molecule has 2 aromatic heterocycles. The van der Waals surface area contributed by atoms with Crippen LogP contribution in [-0.2, 0) is 13.6 Å². The van der Waals surface area contributed by atoms with Crippen LogP contribution in [0.3, 0.4) is 0 Å². The molecule has 8 heteroatoms. The third-order valence-corrected chi connectivity index (χ3v) is 3.95. The summed E-state index contributed by atoms with van der Waals surface area (Å²) < 4.78 is 5.06. The smallest absolute Gasteiger partial charge is 0.327 e. The number of pyridine rings is 2. The second-order valence-corrected chi connectivity index (χ2v) is 5.80. The van der Waals surface area contributed by atoms with Gasteiger partial charge in [0.25, 0.3) is 0 Å². The highest BCUT2D eigenvalue weighted by atomic mass is 35.5. The minimum Gasteiger partial charge on any atom is -0.327 e. The second kappa shape index (κ2) is 5.61. The molecule has 120 valence electrons. The summed E-state index contributed by atoms with van der Waals surface area (Å²) in [6, 6.07) is 9.16. The van der Waals surface area contributed by atoms with E-state index in [1.165, 1.54) is 4.57 Å². The van der Waals surface area contributed by atoms with E-state index in [0.29, 0.717) is 29.0 Å². The number of rotatable bonds is 3. The van der Waals surface area contributed by atoms with E-state index in [2.05, 4.69) is 15.1 Å². The van der Waals surface area contributed by atoms with Gasteiger partial charge in [0.15, 0.2) is 11.6 Å². The lowest BCUT2D eigenvalue weighted by molar-refractivity contribution is 0.747. The standard InChI is InChI=1S/C16H13ClN6O/c1-21-8-6-14(20-21)23-12-3-2-7-22(15(12)19-16(23)24)10-11-4-5-13(17)18-9-11/h2-9H,10H2,1H3. The predicted molar refractivity (Wildman–Crippen MR) is 89.6 cm³/mol. The van der Waals surface area contributed by atoms with Gasteiger partial charge in [-0.15, -0.1) is 0 Å². The molecule has 0 aromatic carbocycles. The summed E-state index contributed by atoms with van der Waals surface area (Å²) in [5, 5.41) is 4.74. The van der Waals surface area contributed by atoms with Crippen molar-refractivity contribution in [3.63, 3.8) is 0 Å². The summed E-state index contributed by atoms with van der Waals surface area (Å²) in [7, 11) is 1.81. The molecule has 2 aliphatic rings. The SMILES string of the molecule is Cn1ccc(-n2c3cccn(Cc4ccc(Cl)nc4)c-3nc2=O)n1. The Balaban J connectivity index is 1.78. The Kier molecular flexibility index (Phi) is 3.42. The van der Waals surface area contributed by atoms with Crippen molar-refractivity contribution in [2.45, 2.75) is 6.54 Å². The highest BCUT2D eigenvalue weighted by Crippen LogP contribution is 2.21. The van der Waals surface area contributed by atoms with Gasteiger partial charge in [-0.3, -0.25) is 4.68 Å². The molecule has 24 heavy (non-hydrogen) atoms. The van der Waals surface area contributed by atoms with Crippen molar-refractivity contribution in [2.24, 2.45) is 7.05 Å². The Bertz CT molecular complexity index is 1030. The molecule has 0 N–H and O–H groups in total. The molecule has 4 heterocycles. The Morgan fingerprint density at radius 3 is 2.75 bits per heavy atom. The first-order chi connectivity index (χ1) is 11.6. The van der Waals surface area contributed by atoms with Crippen LogP contribution in [0.1, 0.15) is 5.56 Å². The third-order valence-electron chi connectivity index (χ3n) is 3.73. The zero-order valence-electron chi connectivity index (χ0n) is 12.8. The van der Waals surface area contributed by atoms with Gasteiger partial charge in [0.2, 0.25) is 0 Å². The normalized spacial score (nSPS) is 11.2. The van der Waals surface area contributed by atoms with E-state index in [4.69, 9.17) is 11.6 Å². The molecule has 0 spiro atoms. The molecule has 0 saturated carbocycles. The highest BCUT2D eigenvalue weighted by molar-refractivity contribution is 6.29. The van der Waals surface area contributed by atoms with Crippen LogP contribution < -0.4 is 5.69 Å². The maximum absolute atomic E-state index is 12.4. The first-order valence-corrected chi connectivity index (χ1v) is 7.68. The van der Waals surface area contributed by atoms with E-state index in [9.17, 15) is 4.79 Å². The van der Waals surface area contributed by atoms with E-state index in [1.54, 1.807) is 36.3 Å². The number of hydrogen-bond donors (Lipinski definition) is 0. The zero-order chi connectivity index (χ0) is 16.7. The quantitative estimate of drug-likeness (QED) is 0.535. The molecule has 2 aliphatic heterocycles. The second-order valence-electron chi connectivity index (χ2n) is 5.41. The molecule has 0 aliphatic carbocycles. The molecule has 0 amide bonds. The van der Waals surface area contributed by atoms with Crippen molar-refractivity contribution in [3.05, 3.63) is 70.1 Å². The summed E-state index contributed by atoms with van der Waals surface area (Å²) in [5.74, 6) is 1.15. The van der Waals surface area contributed by atoms with Gasteiger partial charge in [0, 0.05) is 31.7 Å². The topological polar surface area (TPSA) is 70.5 Å². The molecular formula is C16H13ClN6O. The average Bonchev–Trinajstić information content (AvgIpc) is 3.12. The van der Waals surface area contributed by atoms with Crippen molar-refractivity contribution >= 4 is 11.6 Å². The lowest BCUT2D eigenvalue weighted by Crippen LogP contribution is -2.15. The molecular weight excluding hydrogens is 328 g/mol. The number of halogens is 1. The van der Waals surface area contributed by atoms with Gasteiger partial charge in [-0.1, -0.05) is 17.7 Å². The Hall–Kier alpha value is -2.93. The molecule has 0 bridgehead atoms. The lowest BCUT2D eigenvalue weighted by atomic mass is 10.2. The Morgan fingerprint density at radius 2 is 2.04 bits per heavy atom. The highest BCUT2D eigenvalue weighted by Gasteiger charge is 2.19. The van der Waals surface area contributed by atoms with Crippen molar-refractivity contribution in [2.75, 3.05) is 0 Å². The molecule has 2 aromatic rings. The summed E-state index contributed by atoms with van der Waals surface area (Å²) in [5.41, 5.74) is 1.33. The van der Waals surface area contributed by atoms with Crippen LogP contribution in [0.5, 0.6) is 0 Å². The van der Waals surface area contributed by atoms with E-state index in [-0.39, 0.29) is 5.69 Å². The fourth-order valence-electron chi connectivity index (χ4n) is 2.64. The number of nitrogens with zero attached hydrogens (tertiary/aromatic N) is 6. The maximum Gasteiger partial charge on any atom is 0.356 e. The van der Waals surface area contributed by atoms with Gasteiger partial charge >= 0.3 is 5.69 Å².